The number of nitrogens with zero attached hydrogens (tertiary/aromatic N) is 3. The Hall–Kier alpha value is -3.49. The molecule has 1 N–H and O–H groups in total. The van der Waals surface area contributed by atoms with Gasteiger partial charge in [-0.2, -0.15) is 10.5 Å². The second-order valence-electron chi connectivity index (χ2n) is 6.00. The Bertz CT molecular complexity index is 1020. The van der Waals surface area contributed by atoms with Crippen molar-refractivity contribution in [3.63, 3.8) is 0 Å². The molecule has 1 aliphatic rings. The van der Waals surface area contributed by atoms with Crippen LogP contribution in [0, 0.1) is 32.8 Å². The van der Waals surface area contributed by atoms with E-state index in [4.69, 9.17) is 0 Å². The van der Waals surface area contributed by atoms with Crippen LogP contribution in [0.15, 0.2) is 29.8 Å². The van der Waals surface area contributed by atoms with Crippen LogP contribution >= 0.6 is 11.3 Å². The lowest BCUT2D eigenvalue weighted by molar-refractivity contribution is -0.384. The standard InChI is InChI=1S/C19H14N4O3S/c20-10-13(9-12-5-7-14(8-6-12)23(25)26)18(24)22-19-16(11-21)15-3-1-2-4-17(15)27-19/h5-9H,1-4H2,(H,22,24)/b13-9+. The van der Waals surface area contributed by atoms with Gasteiger partial charge in [0.2, 0.25) is 0 Å². The van der Waals surface area contributed by atoms with E-state index in [0.717, 1.165) is 36.1 Å². The number of nitrogens with one attached hydrogen (secondary N) is 1. The number of rotatable bonds is 4. The van der Waals surface area contributed by atoms with Gasteiger partial charge in [0.25, 0.3) is 11.6 Å². The number of fused-ring (bicyclic) bond motifs is 1. The summed E-state index contributed by atoms with van der Waals surface area (Å²) in [5.41, 5.74) is 1.77. The monoisotopic (exact) mass is 378 g/mol. The zero-order valence-corrected chi connectivity index (χ0v) is 15.0. The SMILES string of the molecule is N#C/C(=C\c1ccc([N+](=O)[O-])cc1)C(=O)Nc1sc2c(c1C#N)CCCC2. The van der Waals surface area contributed by atoms with Crippen LogP contribution < -0.4 is 5.32 Å². The molecule has 1 heterocycles. The molecular formula is C19H14N4O3S. The normalized spacial score (nSPS) is 13.2. The molecule has 0 unspecified atom stereocenters. The number of hydrogen-bond acceptors (Lipinski definition) is 6. The summed E-state index contributed by atoms with van der Waals surface area (Å²) in [7, 11) is 0. The van der Waals surface area contributed by atoms with Crippen molar-refractivity contribution in [1.29, 1.82) is 10.5 Å². The smallest absolute Gasteiger partial charge is 0.269 e. The largest absolute Gasteiger partial charge is 0.312 e. The van der Waals surface area contributed by atoms with Gasteiger partial charge in [0, 0.05) is 17.0 Å². The Kier molecular flexibility index (Phi) is 5.30. The molecule has 0 atom stereocenters. The fourth-order valence-electron chi connectivity index (χ4n) is 2.95. The second-order valence-corrected chi connectivity index (χ2v) is 7.10. The van der Waals surface area contributed by atoms with Crippen molar-refractivity contribution in [3.8, 4) is 12.1 Å². The van der Waals surface area contributed by atoms with Gasteiger partial charge in [0.05, 0.1) is 10.5 Å². The molecular weight excluding hydrogens is 364 g/mol. The number of aryl methyl sites for hydroxylation is 1. The number of carbonyl (C=O) groups is 1. The summed E-state index contributed by atoms with van der Waals surface area (Å²) in [6.07, 6.45) is 5.17. The number of nitro groups is 1. The first-order chi connectivity index (χ1) is 13.0. The highest BCUT2D eigenvalue weighted by Crippen LogP contribution is 2.37. The van der Waals surface area contributed by atoms with Gasteiger partial charge < -0.3 is 5.32 Å². The van der Waals surface area contributed by atoms with Crippen LogP contribution in [-0.4, -0.2) is 10.8 Å². The molecule has 3 rings (SSSR count). The highest BCUT2D eigenvalue weighted by Gasteiger charge is 2.22. The number of benzene rings is 1. The molecule has 27 heavy (non-hydrogen) atoms. The lowest BCUT2D eigenvalue weighted by Crippen LogP contribution is -2.13. The number of non-ortho nitro benzene ring substituents is 1. The van der Waals surface area contributed by atoms with Crippen LogP contribution in [0.4, 0.5) is 10.7 Å². The fourth-order valence-corrected chi connectivity index (χ4v) is 4.18. The summed E-state index contributed by atoms with van der Waals surface area (Å²) in [6.45, 7) is 0. The van der Waals surface area contributed by atoms with Gasteiger partial charge in [-0.3, -0.25) is 14.9 Å². The number of amides is 1. The summed E-state index contributed by atoms with van der Waals surface area (Å²) < 4.78 is 0. The molecule has 0 radical (unpaired) electrons. The van der Waals surface area contributed by atoms with E-state index < -0.39 is 10.8 Å². The summed E-state index contributed by atoms with van der Waals surface area (Å²) in [4.78, 5) is 23.8. The van der Waals surface area contributed by atoms with Gasteiger partial charge in [-0.15, -0.1) is 11.3 Å². The van der Waals surface area contributed by atoms with E-state index >= 15 is 0 Å². The third-order valence-electron chi connectivity index (χ3n) is 4.29. The molecule has 2 aromatic rings. The number of carbonyl (C=O) groups excluding carboxylic acids is 1. The molecule has 1 amide bonds. The molecule has 0 aliphatic heterocycles. The van der Waals surface area contributed by atoms with E-state index in [1.165, 1.54) is 41.7 Å². The molecule has 8 heteroatoms. The minimum Gasteiger partial charge on any atom is -0.312 e. The third kappa shape index (κ3) is 3.86. The molecule has 1 aliphatic carbocycles. The van der Waals surface area contributed by atoms with Gasteiger partial charge in [-0.1, -0.05) is 0 Å². The maximum atomic E-state index is 12.5. The highest BCUT2D eigenvalue weighted by molar-refractivity contribution is 7.16. The summed E-state index contributed by atoms with van der Waals surface area (Å²) >= 11 is 1.39. The zero-order valence-electron chi connectivity index (χ0n) is 14.2. The van der Waals surface area contributed by atoms with Crippen LogP contribution in [0.25, 0.3) is 6.08 Å². The van der Waals surface area contributed by atoms with Crippen molar-refractivity contribution in [2.24, 2.45) is 0 Å². The predicted octanol–water partition coefficient (Wildman–Crippen LogP) is 3.95. The van der Waals surface area contributed by atoms with Crippen molar-refractivity contribution >= 4 is 34.0 Å². The number of nitro benzene ring substituents is 1. The van der Waals surface area contributed by atoms with E-state index in [2.05, 4.69) is 11.4 Å². The van der Waals surface area contributed by atoms with Crippen molar-refractivity contribution in [1.82, 2.24) is 0 Å². The highest BCUT2D eigenvalue weighted by atomic mass is 32.1. The Morgan fingerprint density at radius 3 is 2.56 bits per heavy atom. The lowest BCUT2D eigenvalue weighted by atomic mass is 9.96. The molecule has 134 valence electrons. The maximum Gasteiger partial charge on any atom is 0.269 e. The minimum atomic E-state index is -0.606. The second kappa shape index (κ2) is 7.81. The zero-order chi connectivity index (χ0) is 19.4. The predicted molar refractivity (Wildman–Crippen MR) is 101 cm³/mol. The quantitative estimate of drug-likeness (QED) is 0.374. The summed E-state index contributed by atoms with van der Waals surface area (Å²) in [5.74, 6) is -0.606. The van der Waals surface area contributed by atoms with E-state index in [1.54, 1.807) is 0 Å². The van der Waals surface area contributed by atoms with Crippen LogP contribution in [0.1, 0.15) is 34.4 Å². The van der Waals surface area contributed by atoms with Gasteiger partial charge >= 0.3 is 0 Å². The minimum absolute atomic E-state index is 0.0714. The van der Waals surface area contributed by atoms with E-state index in [-0.39, 0.29) is 11.3 Å². The van der Waals surface area contributed by atoms with E-state index in [9.17, 15) is 25.4 Å². The molecule has 0 fully saturated rings. The number of thiophene rings is 1. The van der Waals surface area contributed by atoms with Crippen LogP contribution in [0.5, 0.6) is 0 Å². The van der Waals surface area contributed by atoms with Crippen molar-refractivity contribution in [3.05, 3.63) is 61.5 Å². The average Bonchev–Trinajstić information content (AvgIpc) is 3.03. The Morgan fingerprint density at radius 1 is 1.22 bits per heavy atom. The number of hydrogen-bond donors (Lipinski definition) is 1. The molecule has 1 aromatic carbocycles. The lowest BCUT2D eigenvalue weighted by Gasteiger charge is -2.09. The summed E-state index contributed by atoms with van der Waals surface area (Å²) in [6, 6.07) is 9.55. The van der Waals surface area contributed by atoms with Crippen molar-refractivity contribution in [2.45, 2.75) is 25.7 Å². The van der Waals surface area contributed by atoms with Crippen molar-refractivity contribution in [2.75, 3.05) is 5.32 Å². The fraction of sp³-hybridized carbons (Fsp3) is 0.211. The summed E-state index contributed by atoms with van der Waals surface area (Å²) in [5, 5.41) is 32.6. The molecule has 0 saturated carbocycles. The molecule has 0 saturated heterocycles. The average molecular weight is 378 g/mol. The number of nitriles is 2. The topological polar surface area (TPSA) is 120 Å². The molecule has 7 nitrogen and oxygen atoms in total. The van der Waals surface area contributed by atoms with Gasteiger partial charge in [0.1, 0.15) is 22.7 Å². The number of anilines is 1. The first-order valence-electron chi connectivity index (χ1n) is 8.25. The van der Waals surface area contributed by atoms with Gasteiger partial charge in [0.15, 0.2) is 0 Å². The first-order valence-corrected chi connectivity index (χ1v) is 9.07. The van der Waals surface area contributed by atoms with Crippen LogP contribution in [0.3, 0.4) is 0 Å². The Morgan fingerprint density at radius 2 is 1.93 bits per heavy atom. The van der Waals surface area contributed by atoms with E-state index in [0.29, 0.717) is 16.1 Å². The first kappa shape index (κ1) is 18.3. The molecule has 1 aromatic heterocycles. The van der Waals surface area contributed by atoms with Crippen LogP contribution in [0.2, 0.25) is 0 Å². The maximum absolute atomic E-state index is 12.5. The Labute approximate surface area is 159 Å². The van der Waals surface area contributed by atoms with Crippen molar-refractivity contribution < 1.29 is 9.72 Å². The van der Waals surface area contributed by atoms with Crippen LogP contribution in [-0.2, 0) is 17.6 Å². The Balaban J connectivity index is 1.84. The third-order valence-corrected chi connectivity index (χ3v) is 5.50. The molecule has 0 spiro atoms. The van der Waals surface area contributed by atoms with Gasteiger partial charge in [-0.25, -0.2) is 0 Å². The van der Waals surface area contributed by atoms with E-state index in [1.807, 2.05) is 6.07 Å². The van der Waals surface area contributed by atoms with Gasteiger partial charge in [-0.05, 0) is 55.0 Å². The molecule has 0 bridgehead atoms.